The van der Waals surface area contributed by atoms with Crippen molar-refractivity contribution in [3.05, 3.63) is 16.7 Å². The van der Waals surface area contributed by atoms with E-state index < -0.39 is 15.6 Å². The molecule has 1 aromatic heterocycles. The maximum absolute atomic E-state index is 11.3. The van der Waals surface area contributed by atoms with E-state index in [1.165, 1.54) is 20.5 Å². The quantitative estimate of drug-likeness (QED) is 0.589. The Hall–Kier alpha value is -1.61. The van der Waals surface area contributed by atoms with Crippen molar-refractivity contribution in [2.75, 3.05) is 31.8 Å². The maximum atomic E-state index is 11.3. The lowest BCUT2D eigenvalue weighted by molar-refractivity contribution is 0.408. The number of aromatic amines is 1. The Morgan fingerprint density at radius 3 is 2.82 bits per heavy atom. The van der Waals surface area contributed by atoms with Gasteiger partial charge in [0.25, 0.3) is 5.56 Å². The van der Waals surface area contributed by atoms with Crippen LogP contribution in [0.5, 0.6) is 5.75 Å². The molecule has 1 aromatic rings. The predicted octanol–water partition coefficient (Wildman–Crippen LogP) is -1.26. The maximum Gasteiger partial charge on any atom is 0.295 e. The standard InChI is InChI=1S/C8H14N4O4S/c1-9-17(14,15)4-3-10-7-6(16-2)8(13)12-5-11-7/h5,9H,3-4H2,1-2H3,(H2,10,11,12,13). The van der Waals surface area contributed by atoms with Gasteiger partial charge in [-0.25, -0.2) is 18.1 Å². The zero-order valence-corrected chi connectivity index (χ0v) is 10.3. The van der Waals surface area contributed by atoms with E-state index in [-0.39, 0.29) is 23.9 Å². The summed E-state index contributed by atoms with van der Waals surface area (Å²) in [5.74, 6) is 0.109. The minimum Gasteiger partial charge on any atom is -0.489 e. The topological polar surface area (TPSA) is 113 Å². The molecule has 0 aliphatic carbocycles. The fraction of sp³-hybridized carbons (Fsp3) is 0.500. The number of anilines is 1. The molecule has 1 heterocycles. The highest BCUT2D eigenvalue weighted by atomic mass is 32.2. The fourth-order valence-electron chi connectivity index (χ4n) is 1.11. The van der Waals surface area contributed by atoms with Crippen LogP contribution in [0, 0.1) is 0 Å². The monoisotopic (exact) mass is 262 g/mol. The molecule has 0 atom stereocenters. The smallest absolute Gasteiger partial charge is 0.295 e. The van der Waals surface area contributed by atoms with Crippen LogP contribution in [-0.2, 0) is 10.0 Å². The van der Waals surface area contributed by atoms with Gasteiger partial charge in [0, 0.05) is 6.54 Å². The highest BCUT2D eigenvalue weighted by Gasteiger charge is 2.10. The fourth-order valence-corrected chi connectivity index (χ4v) is 1.68. The van der Waals surface area contributed by atoms with E-state index >= 15 is 0 Å². The summed E-state index contributed by atoms with van der Waals surface area (Å²) < 4.78 is 29.3. The van der Waals surface area contributed by atoms with E-state index in [9.17, 15) is 13.2 Å². The zero-order chi connectivity index (χ0) is 12.9. The number of H-pyrrole nitrogens is 1. The Morgan fingerprint density at radius 2 is 2.24 bits per heavy atom. The van der Waals surface area contributed by atoms with Crippen molar-refractivity contribution in [2.24, 2.45) is 0 Å². The van der Waals surface area contributed by atoms with Crippen LogP contribution in [0.15, 0.2) is 11.1 Å². The van der Waals surface area contributed by atoms with E-state index in [1.807, 2.05) is 0 Å². The van der Waals surface area contributed by atoms with Crippen molar-refractivity contribution in [2.45, 2.75) is 0 Å². The lowest BCUT2D eigenvalue weighted by Crippen LogP contribution is -2.26. The van der Waals surface area contributed by atoms with Crippen molar-refractivity contribution < 1.29 is 13.2 Å². The lowest BCUT2D eigenvalue weighted by Gasteiger charge is -2.08. The third kappa shape index (κ3) is 3.71. The number of methoxy groups -OCH3 is 1. The molecule has 0 aliphatic heterocycles. The average Bonchev–Trinajstić information content (AvgIpc) is 2.29. The summed E-state index contributed by atoms with van der Waals surface area (Å²) in [6.45, 7) is 0.121. The molecule has 8 nitrogen and oxygen atoms in total. The van der Waals surface area contributed by atoms with Crippen LogP contribution in [0.2, 0.25) is 0 Å². The molecule has 0 unspecified atom stereocenters. The predicted molar refractivity (Wildman–Crippen MR) is 62.7 cm³/mol. The third-order valence-corrected chi connectivity index (χ3v) is 3.35. The minimum atomic E-state index is -3.29. The molecule has 9 heteroatoms. The largest absolute Gasteiger partial charge is 0.489 e. The Labute approximate surface area is 98.5 Å². The Morgan fingerprint density at radius 1 is 1.53 bits per heavy atom. The van der Waals surface area contributed by atoms with Crippen LogP contribution in [0.25, 0.3) is 0 Å². The third-order valence-electron chi connectivity index (χ3n) is 1.99. The van der Waals surface area contributed by atoms with E-state index in [2.05, 4.69) is 20.0 Å². The number of hydrogen-bond acceptors (Lipinski definition) is 6. The molecule has 0 fully saturated rings. The normalized spacial score (nSPS) is 11.2. The van der Waals surface area contributed by atoms with Crippen LogP contribution >= 0.6 is 0 Å². The van der Waals surface area contributed by atoms with E-state index in [4.69, 9.17) is 4.74 Å². The summed E-state index contributed by atoms with van der Waals surface area (Å²) in [4.78, 5) is 17.5. The Kier molecular flexibility index (Phi) is 4.46. The van der Waals surface area contributed by atoms with Gasteiger partial charge in [-0.2, -0.15) is 0 Å². The summed E-state index contributed by atoms with van der Waals surface area (Å²) in [7, 11) is -0.617. The SMILES string of the molecule is CNS(=O)(=O)CCNc1nc[nH]c(=O)c1OC. The molecule has 0 spiro atoms. The summed E-state index contributed by atoms with van der Waals surface area (Å²) >= 11 is 0. The number of nitrogens with one attached hydrogen (secondary N) is 3. The second-order valence-electron chi connectivity index (χ2n) is 3.06. The van der Waals surface area contributed by atoms with Gasteiger partial charge in [-0.1, -0.05) is 0 Å². The van der Waals surface area contributed by atoms with Gasteiger partial charge in [-0.05, 0) is 7.05 Å². The van der Waals surface area contributed by atoms with Crippen LogP contribution in [0.3, 0.4) is 0 Å². The molecule has 96 valence electrons. The van der Waals surface area contributed by atoms with Crippen LogP contribution in [0.4, 0.5) is 5.82 Å². The molecule has 0 saturated carbocycles. The van der Waals surface area contributed by atoms with Crippen LogP contribution in [-0.4, -0.2) is 44.8 Å². The summed E-state index contributed by atoms with van der Waals surface area (Å²) in [6.07, 6.45) is 1.21. The molecule has 0 aliphatic rings. The van der Waals surface area contributed by atoms with Gasteiger partial charge in [-0.3, -0.25) is 4.79 Å². The van der Waals surface area contributed by atoms with Crippen molar-refractivity contribution in [3.63, 3.8) is 0 Å². The molecule has 0 bridgehead atoms. The number of rotatable bonds is 6. The first-order valence-electron chi connectivity index (χ1n) is 4.77. The van der Waals surface area contributed by atoms with Crippen molar-refractivity contribution in [1.82, 2.24) is 14.7 Å². The first-order valence-corrected chi connectivity index (χ1v) is 6.42. The Bertz CT molecular complexity index is 525. The molecular formula is C8H14N4O4S. The molecule has 0 aromatic carbocycles. The zero-order valence-electron chi connectivity index (χ0n) is 9.48. The second-order valence-corrected chi connectivity index (χ2v) is 5.11. The summed E-state index contributed by atoms with van der Waals surface area (Å²) in [6, 6.07) is 0. The molecular weight excluding hydrogens is 248 g/mol. The summed E-state index contributed by atoms with van der Waals surface area (Å²) in [5.41, 5.74) is -0.429. The van der Waals surface area contributed by atoms with Crippen LogP contribution in [0.1, 0.15) is 0 Å². The molecule has 0 radical (unpaired) electrons. The first-order chi connectivity index (χ1) is 8.00. The van der Waals surface area contributed by atoms with Crippen molar-refractivity contribution in [1.29, 1.82) is 0 Å². The minimum absolute atomic E-state index is 0.0226. The number of nitrogens with zero attached hydrogens (tertiary/aromatic N) is 1. The second kappa shape index (κ2) is 5.64. The van der Waals surface area contributed by atoms with Gasteiger partial charge in [0.1, 0.15) is 0 Å². The number of aromatic nitrogens is 2. The number of sulfonamides is 1. The van der Waals surface area contributed by atoms with Gasteiger partial charge in [0.05, 0.1) is 19.2 Å². The molecule has 17 heavy (non-hydrogen) atoms. The van der Waals surface area contributed by atoms with Crippen LogP contribution < -0.4 is 20.3 Å². The van der Waals surface area contributed by atoms with Gasteiger partial charge in [-0.15, -0.1) is 0 Å². The van der Waals surface area contributed by atoms with Gasteiger partial charge in [0.2, 0.25) is 15.8 Å². The van der Waals surface area contributed by atoms with Gasteiger partial charge >= 0.3 is 0 Å². The van der Waals surface area contributed by atoms with E-state index in [0.29, 0.717) is 0 Å². The average molecular weight is 262 g/mol. The number of ether oxygens (including phenoxy) is 1. The highest BCUT2D eigenvalue weighted by molar-refractivity contribution is 7.89. The first kappa shape index (κ1) is 13.5. The van der Waals surface area contributed by atoms with Gasteiger partial charge in [0.15, 0.2) is 5.82 Å². The Balaban J connectivity index is 2.71. The summed E-state index contributed by atoms with van der Waals surface area (Å²) in [5, 5.41) is 2.72. The molecule has 0 saturated heterocycles. The van der Waals surface area contributed by atoms with Crippen molar-refractivity contribution in [3.8, 4) is 5.75 Å². The molecule has 1 rings (SSSR count). The molecule has 3 N–H and O–H groups in total. The highest BCUT2D eigenvalue weighted by Crippen LogP contribution is 2.13. The molecule has 0 amide bonds. The van der Waals surface area contributed by atoms with Gasteiger partial charge < -0.3 is 15.0 Å². The van der Waals surface area contributed by atoms with E-state index in [1.54, 1.807) is 0 Å². The van der Waals surface area contributed by atoms with Crippen molar-refractivity contribution >= 4 is 15.8 Å². The number of hydrogen-bond donors (Lipinski definition) is 3. The lowest BCUT2D eigenvalue weighted by atomic mass is 10.5. The van der Waals surface area contributed by atoms with E-state index in [0.717, 1.165) is 0 Å².